The molecule has 0 saturated carbocycles. The predicted octanol–water partition coefficient (Wildman–Crippen LogP) is 6.31. The second kappa shape index (κ2) is 4.91. The standard InChI is InChI=1S/C20H13Cl/c21-20-13-12-18(17-9-3-4-10-19(17)20)16-11-5-7-14-6-1-2-8-15(14)16/h1-13H/i1D,2D,5D,6D,7D,8D,11D. The van der Waals surface area contributed by atoms with Crippen LogP contribution in [-0.2, 0) is 0 Å². The molecule has 0 nitrogen and oxygen atoms in total. The Hall–Kier alpha value is -2.31. The lowest BCUT2D eigenvalue weighted by molar-refractivity contribution is 1.68. The molecule has 4 aromatic rings. The first-order chi connectivity index (χ1) is 13.3. The molecule has 0 heterocycles. The Balaban J connectivity index is 2.32. The lowest BCUT2D eigenvalue weighted by atomic mass is 9.94. The van der Waals surface area contributed by atoms with E-state index in [1.54, 1.807) is 12.1 Å². The molecule has 0 aliphatic heterocycles. The average Bonchev–Trinajstić information content (AvgIpc) is 2.70. The highest BCUT2D eigenvalue weighted by Gasteiger charge is 2.08. The molecule has 0 aromatic heterocycles. The molecule has 0 aliphatic rings. The summed E-state index contributed by atoms with van der Waals surface area (Å²) < 4.78 is 57.4. The quantitative estimate of drug-likeness (QED) is 0.386. The van der Waals surface area contributed by atoms with Crippen LogP contribution in [-0.4, -0.2) is 0 Å². The smallest absolute Gasteiger partial charge is 0.0629 e. The van der Waals surface area contributed by atoms with Crippen LogP contribution in [0.1, 0.15) is 9.60 Å². The maximum Gasteiger partial charge on any atom is 0.0629 e. The van der Waals surface area contributed by atoms with Crippen molar-refractivity contribution in [2.45, 2.75) is 0 Å². The van der Waals surface area contributed by atoms with Gasteiger partial charge in [0.2, 0.25) is 0 Å². The molecule has 4 aromatic carbocycles. The van der Waals surface area contributed by atoms with Gasteiger partial charge < -0.3 is 0 Å². The first-order valence-corrected chi connectivity index (χ1v) is 6.80. The van der Waals surface area contributed by atoms with Crippen molar-refractivity contribution < 1.29 is 9.60 Å². The third kappa shape index (κ3) is 2.00. The summed E-state index contributed by atoms with van der Waals surface area (Å²) in [4.78, 5) is 0. The fourth-order valence-corrected chi connectivity index (χ4v) is 2.72. The number of rotatable bonds is 1. The highest BCUT2D eigenvalue weighted by atomic mass is 35.5. The highest BCUT2D eigenvalue weighted by molar-refractivity contribution is 6.36. The summed E-state index contributed by atoms with van der Waals surface area (Å²) in [5, 5.41) is 1.97. The van der Waals surface area contributed by atoms with E-state index in [1.165, 1.54) is 0 Å². The van der Waals surface area contributed by atoms with Crippen LogP contribution in [0.3, 0.4) is 0 Å². The second-order valence-electron chi connectivity index (χ2n) is 4.64. The lowest BCUT2D eigenvalue weighted by Gasteiger charge is -2.11. The van der Waals surface area contributed by atoms with E-state index < -0.39 is 12.1 Å². The van der Waals surface area contributed by atoms with E-state index in [0.29, 0.717) is 16.0 Å². The third-order valence-corrected chi connectivity index (χ3v) is 3.78. The normalized spacial score (nSPS) is 15.8. The number of fused-ring (bicyclic) bond motifs is 2. The van der Waals surface area contributed by atoms with E-state index in [-0.39, 0.29) is 46.5 Å². The topological polar surface area (TPSA) is 0 Å². The van der Waals surface area contributed by atoms with Gasteiger partial charge in [-0.25, -0.2) is 0 Å². The van der Waals surface area contributed by atoms with E-state index in [0.717, 1.165) is 5.39 Å². The third-order valence-electron chi connectivity index (χ3n) is 3.45. The molecule has 1 heteroatoms. The van der Waals surface area contributed by atoms with Crippen LogP contribution in [0.5, 0.6) is 0 Å². The number of benzene rings is 4. The van der Waals surface area contributed by atoms with Crippen molar-refractivity contribution in [3.63, 3.8) is 0 Å². The Morgan fingerprint density at radius 2 is 1.43 bits per heavy atom. The van der Waals surface area contributed by atoms with Crippen molar-refractivity contribution in [1.82, 2.24) is 0 Å². The zero-order valence-corrected chi connectivity index (χ0v) is 11.6. The van der Waals surface area contributed by atoms with Crippen LogP contribution in [0.15, 0.2) is 78.7 Å². The van der Waals surface area contributed by atoms with Gasteiger partial charge in [-0.1, -0.05) is 84.2 Å². The van der Waals surface area contributed by atoms with Crippen LogP contribution in [0, 0.1) is 0 Å². The Morgan fingerprint density at radius 1 is 0.667 bits per heavy atom. The molecule has 0 fully saturated rings. The van der Waals surface area contributed by atoms with Gasteiger partial charge in [0.1, 0.15) is 0 Å². The van der Waals surface area contributed by atoms with Crippen molar-refractivity contribution in [2.24, 2.45) is 0 Å². The lowest BCUT2D eigenvalue weighted by Crippen LogP contribution is -1.84. The molecule has 0 bridgehead atoms. The van der Waals surface area contributed by atoms with Crippen molar-refractivity contribution in [3.8, 4) is 11.1 Å². The van der Waals surface area contributed by atoms with Crippen molar-refractivity contribution in [3.05, 3.63) is 83.7 Å². The average molecular weight is 296 g/mol. The fraction of sp³-hybridized carbons (Fsp3) is 0. The van der Waals surface area contributed by atoms with Crippen LogP contribution in [0.25, 0.3) is 32.7 Å². The van der Waals surface area contributed by atoms with Crippen LogP contribution in [0.4, 0.5) is 0 Å². The minimum absolute atomic E-state index is 0.0546. The number of hydrogen-bond donors (Lipinski definition) is 0. The SMILES string of the molecule is [2H]c1c([2H])c([2H])c2c(-c3ccc(Cl)c4ccccc34)c([2H])c([2H])c([2H])c2c1[2H]. The van der Waals surface area contributed by atoms with E-state index in [2.05, 4.69) is 0 Å². The molecule has 100 valence electrons. The Kier molecular flexibility index (Phi) is 1.66. The molecule has 0 radical (unpaired) electrons. The molecule has 0 amide bonds. The number of halogens is 1. The molecule has 0 N–H and O–H groups in total. The molecular formula is C20H13Cl. The maximum atomic E-state index is 8.48. The van der Waals surface area contributed by atoms with Crippen molar-refractivity contribution in [1.29, 1.82) is 0 Å². The van der Waals surface area contributed by atoms with E-state index in [9.17, 15) is 0 Å². The molecule has 21 heavy (non-hydrogen) atoms. The Bertz CT molecular complexity index is 1290. The van der Waals surface area contributed by atoms with Crippen LogP contribution >= 0.6 is 11.6 Å². The minimum Gasteiger partial charge on any atom is -0.0837 e. The van der Waals surface area contributed by atoms with Gasteiger partial charge in [-0.2, -0.15) is 0 Å². The Labute approximate surface area is 138 Å². The van der Waals surface area contributed by atoms with Gasteiger partial charge in [0.25, 0.3) is 0 Å². The zero-order valence-electron chi connectivity index (χ0n) is 17.8. The second-order valence-corrected chi connectivity index (χ2v) is 5.05. The van der Waals surface area contributed by atoms with E-state index in [1.807, 2.05) is 24.3 Å². The first-order valence-electron chi connectivity index (χ1n) is 9.93. The van der Waals surface area contributed by atoms with Gasteiger partial charge in [0.05, 0.1) is 9.60 Å². The Morgan fingerprint density at radius 3 is 2.33 bits per heavy atom. The summed E-state index contributed by atoms with van der Waals surface area (Å²) in [5.41, 5.74) is 0.740. The van der Waals surface area contributed by atoms with Crippen LogP contribution in [0.2, 0.25) is 5.02 Å². The van der Waals surface area contributed by atoms with Crippen molar-refractivity contribution in [2.75, 3.05) is 0 Å². The summed E-state index contributed by atoms with van der Waals surface area (Å²) >= 11 is 6.30. The van der Waals surface area contributed by atoms with Gasteiger partial charge in [-0.3, -0.25) is 0 Å². The number of hydrogen-bond acceptors (Lipinski definition) is 0. The molecular weight excluding hydrogens is 276 g/mol. The predicted molar refractivity (Wildman–Crippen MR) is 91.9 cm³/mol. The summed E-state index contributed by atoms with van der Waals surface area (Å²) in [5.74, 6) is 0. The molecule has 0 aliphatic carbocycles. The van der Waals surface area contributed by atoms with Crippen LogP contribution < -0.4 is 0 Å². The van der Waals surface area contributed by atoms with Gasteiger partial charge in [-0.15, -0.1) is 0 Å². The molecule has 4 rings (SSSR count). The molecule has 0 atom stereocenters. The van der Waals surface area contributed by atoms with E-state index >= 15 is 0 Å². The highest BCUT2D eigenvalue weighted by Crippen LogP contribution is 2.36. The molecule has 0 saturated heterocycles. The zero-order chi connectivity index (χ0) is 20.3. The van der Waals surface area contributed by atoms with Gasteiger partial charge >= 0.3 is 0 Å². The largest absolute Gasteiger partial charge is 0.0837 e. The summed E-state index contributed by atoms with van der Waals surface area (Å²) in [6.45, 7) is 0. The minimum atomic E-state index is -0.463. The fourth-order valence-electron chi connectivity index (χ4n) is 2.49. The molecule has 0 spiro atoms. The van der Waals surface area contributed by atoms with Gasteiger partial charge in [0.15, 0.2) is 0 Å². The van der Waals surface area contributed by atoms with E-state index in [4.69, 9.17) is 21.2 Å². The van der Waals surface area contributed by atoms with Gasteiger partial charge in [0, 0.05) is 10.4 Å². The molecule has 0 unspecified atom stereocenters. The summed E-state index contributed by atoms with van der Waals surface area (Å²) in [6, 6.07) is 7.99. The first kappa shape index (κ1) is 7.11. The maximum absolute atomic E-state index is 8.48. The summed E-state index contributed by atoms with van der Waals surface area (Å²) in [7, 11) is 0. The monoisotopic (exact) mass is 295 g/mol. The van der Waals surface area contributed by atoms with Gasteiger partial charge in [-0.05, 0) is 33.4 Å². The summed E-state index contributed by atoms with van der Waals surface area (Å²) in [6.07, 6.45) is 0. The van der Waals surface area contributed by atoms with Crippen molar-refractivity contribution >= 4 is 33.1 Å².